The number of aryl methyl sites for hydroxylation is 1. The molecular formula is C31H41FO3. The highest BCUT2D eigenvalue weighted by atomic mass is 19.1. The number of carbonyl (C=O) groups excluding carboxylic acids is 1. The second-order valence-electron chi connectivity index (χ2n) is 9.88. The number of aliphatic hydroxyl groups excluding tert-OH is 1. The first kappa shape index (κ1) is 27.1. The molecular weight excluding hydrogens is 439 g/mol. The van der Waals surface area contributed by atoms with Crippen LogP contribution in [-0.4, -0.2) is 24.3 Å². The van der Waals surface area contributed by atoms with Gasteiger partial charge in [0.2, 0.25) is 0 Å². The van der Waals surface area contributed by atoms with Crippen molar-refractivity contribution in [2.24, 2.45) is 5.92 Å². The molecule has 35 heavy (non-hydrogen) atoms. The molecule has 0 aromatic heterocycles. The lowest BCUT2D eigenvalue weighted by molar-refractivity contribution is -0.137. The summed E-state index contributed by atoms with van der Waals surface area (Å²) in [5.74, 6) is 0.703. The van der Waals surface area contributed by atoms with Crippen molar-refractivity contribution in [2.45, 2.75) is 83.5 Å². The second kappa shape index (κ2) is 14.2. The summed E-state index contributed by atoms with van der Waals surface area (Å²) in [4.78, 5) is 11.3. The molecule has 1 aliphatic carbocycles. The van der Waals surface area contributed by atoms with Crippen molar-refractivity contribution in [2.75, 3.05) is 13.2 Å². The minimum Gasteiger partial charge on any atom is -0.463 e. The van der Waals surface area contributed by atoms with Crippen molar-refractivity contribution in [3.8, 4) is 11.1 Å². The van der Waals surface area contributed by atoms with Crippen LogP contribution in [0.15, 0.2) is 49.1 Å². The number of aliphatic hydroxyl groups is 1. The Morgan fingerprint density at radius 1 is 1.06 bits per heavy atom. The van der Waals surface area contributed by atoms with E-state index in [1.807, 2.05) is 24.3 Å². The number of carbonyl (C=O) groups is 1. The molecule has 0 unspecified atom stereocenters. The van der Waals surface area contributed by atoms with E-state index in [0.29, 0.717) is 37.4 Å². The zero-order valence-corrected chi connectivity index (χ0v) is 21.2. The molecule has 0 spiro atoms. The van der Waals surface area contributed by atoms with E-state index in [-0.39, 0.29) is 12.4 Å². The van der Waals surface area contributed by atoms with Gasteiger partial charge in [-0.05, 0) is 85.1 Å². The van der Waals surface area contributed by atoms with Crippen LogP contribution in [0, 0.1) is 11.7 Å². The lowest BCUT2D eigenvalue weighted by Crippen LogP contribution is -2.13. The Balaban J connectivity index is 1.67. The maximum atomic E-state index is 15.3. The van der Waals surface area contributed by atoms with Gasteiger partial charge in [-0.25, -0.2) is 9.18 Å². The molecule has 2 aromatic rings. The summed E-state index contributed by atoms with van der Waals surface area (Å²) in [6, 6.07) is 11.7. The minimum absolute atomic E-state index is 0.0572. The highest BCUT2D eigenvalue weighted by Crippen LogP contribution is 2.39. The van der Waals surface area contributed by atoms with Crippen molar-refractivity contribution in [3.05, 3.63) is 71.6 Å². The first-order valence-corrected chi connectivity index (χ1v) is 13.4. The largest absolute Gasteiger partial charge is 0.463 e. The van der Waals surface area contributed by atoms with Crippen LogP contribution in [0.3, 0.4) is 0 Å². The van der Waals surface area contributed by atoms with Gasteiger partial charge in [0, 0.05) is 18.2 Å². The zero-order chi connectivity index (χ0) is 25.0. The monoisotopic (exact) mass is 480 g/mol. The van der Waals surface area contributed by atoms with E-state index < -0.39 is 5.97 Å². The van der Waals surface area contributed by atoms with E-state index in [2.05, 4.69) is 19.6 Å². The minimum atomic E-state index is -0.429. The van der Waals surface area contributed by atoms with Gasteiger partial charge in [0.15, 0.2) is 0 Å². The molecule has 0 radical (unpaired) electrons. The van der Waals surface area contributed by atoms with E-state index in [1.165, 1.54) is 38.5 Å². The fourth-order valence-electron chi connectivity index (χ4n) is 5.37. The summed E-state index contributed by atoms with van der Waals surface area (Å²) in [6.07, 6.45) is 13.2. The summed E-state index contributed by atoms with van der Waals surface area (Å²) in [7, 11) is 0. The number of benzene rings is 2. The first-order chi connectivity index (χ1) is 17.0. The molecule has 0 heterocycles. The molecule has 0 bridgehead atoms. The average molecular weight is 481 g/mol. The predicted octanol–water partition coefficient (Wildman–Crippen LogP) is 7.54. The molecule has 190 valence electrons. The van der Waals surface area contributed by atoms with E-state index in [9.17, 15) is 9.90 Å². The van der Waals surface area contributed by atoms with Gasteiger partial charge in [-0.1, -0.05) is 69.5 Å². The Kier molecular flexibility index (Phi) is 11.0. The van der Waals surface area contributed by atoms with Crippen LogP contribution >= 0.6 is 0 Å². The third-order valence-corrected chi connectivity index (χ3v) is 7.43. The van der Waals surface area contributed by atoms with Crippen LogP contribution in [0.1, 0.15) is 87.3 Å². The molecule has 2 aromatic carbocycles. The molecule has 0 atom stereocenters. The normalized spacial score (nSPS) is 17.8. The summed E-state index contributed by atoms with van der Waals surface area (Å²) in [5.41, 5.74) is 4.67. The van der Waals surface area contributed by atoms with E-state index in [0.717, 1.165) is 47.1 Å². The lowest BCUT2D eigenvalue weighted by Gasteiger charge is -2.29. The Labute approximate surface area is 210 Å². The molecule has 0 aliphatic heterocycles. The van der Waals surface area contributed by atoms with Crippen LogP contribution in [0.2, 0.25) is 0 Å². The summed E-state index contributed by atoms with van der Waals surface area (Å²) in [6.45, 7) is 6.02. The summed E-state index contributed by atoms with van der Waals surface area (Å²) in [5, 5.41) is 9.44. The van der Waals surface area contributed by atoms with Gasteiger partial charge in [-0.3, -0.25) is 0 Å². The molecule has 1 aliphatic rings. The van der Waals surface area contributed by atoms with Crippen LogP contribution in [-0.2, 0) is 22.4 Å². The third kappa shape index (κ3) is 8.03. The molecule has 1 fully saturated rings. The van der Waals surface area contributed by atoms with E-state index in [1.54, 1.807) is 6.07 Å². The Hall–Kier alpha value is -2.46. The fourth-order valence-corrected chi connectivity index (χ4v) is 5.37. The van der Waals surface area contributed by atoms with Crippen molar-refractivity contribution in [3.63, 3.8) is 0 Å². The van der Waals surface area contributed by atoms with Gasteiger partial charge in [0.25, 0.3) is 0 Å². The van der Waals surface area contributed by atoms with E-state index in [4.69, 9.17) is 4.74 Å². The van der Waals surface area contributed by atoms with Gasteiger partial charge >= 0.3 is 5.97 Å². The maximum Gasteiger partial charge on any atom is 0.330 e. The number of halogens is 1. The average Bonchev–Trinajstić information content (AvgIpc) is 2.88. The Morgan fingerprint density at radius 2 is 1.86 bits per heavy atom. The van der Waals surface area contributed by atoms with Crippen LogP contribution in [0.4, 0.5) is 4.39 Å². The highest BCUT2D eigenvalue weighted by molar-refractivity contribution is 5.81. The number of ether oxygens (including phenoxy) is 1. The van der Waals surface area contributed by atoms with Gasteiger partial charge < -0.3 is 9.84 Å². The maximum absolute atomic E-state index is 15.3. The molecule has 0 saturated heterocycles. The van der Waals surface area contributed by atoms with Gasteiger partial charge in [-0.15, -0.1) is 0 Å². The third-order valence-electron chi connectivity index (χ3n) is 7.43. The number of hydrogen-bond donors (Lipinski definition) is 1. The Bertz CT molecular complexity index is 960. The van der Waals surface area contributed by atoms with E-state index >= 15 is 4.39 Å². The standard InChI is InChI=1S/C31H41FO3/c1-3-5-6-8-23-10-12-24(13-11-23)27-16-17-29(30(32)22-27)28-15-14-25(18-19-33)26(21-28)9-7-20-35-31(34)4-2/h4,14-17,21-24,33H,2-3,5-13,18-20H2,1H3. The lowest BCUT2D eigenvalue weighted by atomic mass is 9.77. The quantitative estimate of drug-likeness (QED) is 0.183. The zero-order valence-electron chi connectivity index (χ0n) is 21.2. The topological polar surface area (TPSA) is 46.5 Å². The van der Waals surface area contributed by atoms with Crippen LogP contribution in [0.5, 0.6) is 0 Å². The van der Waals surface area contributed by atoms with Crippen LogP contribution in [0.25, 0.3) is 11.1 Å². The Morgan fingerprint density at radius 3 is 2.54 bits per heavy atom. The SMILES string of the molecule is C=CC(=O)OCCCc1cc(-c2ccc(C3CCC(CCCCC)CC3)cc2F)ccc1CCO. The number of esters is 1. The number of hydrogen-bond acceptors (Lipinski definition) is 3. The number of rotatable bonds is 13. The highest BCUT2D eigenvalue weighted by Gasteiger charge is 2.23. The van der Waals surface area contributed by atoms with Crippen molar-refractivity contribution < 1.29 is 19.0 Å². The van der Waals surface area contributed by atoms with Gasteiger partial charge in [0.05, 0.1) is 6.61 Å². The predicted molar refractivity (Wildman–Crippen MR) is 141 cm³/mol. The second-order valence-corrected chi connectivity index (χ2v) is 9.88. The van der Waals surface area contributed by atoms with Gasteiger partial charge in [0.1, 0.15) is 5.82 Å². The molecule has 1 N–H and O–H groups in total. The molecule has 4 heteroatoms. The number of unbranched alkanes of at least 4 members (excludes halogenated alkanes) is 2. The molecule has 3 nitrogen and oxygen atoms in total. The molecule has 3 rings (SSSR count). The van der Waals surface area contributed by atoms with Gasteiger partial charge in [-0.2, -0.15) is 0 Å². The first-order valence-electron chi connectivity index (χ1n) is 13.4. The van der Waals surface area contributed by atoms with Crippen molar-refractivity contribution in [1.29, 1.82) is 0 Å². The molecule has 1 saturated carbocycles. The smallest absolute Gasteiger partial charge is 0.330 e. The van der Waals surface area contributed by atoms with Crippen LogP contribution < -0.4 is 0 Å². The van der Waals surface area contributed by atoms with Crippen molar-refractivity contribution in [1.82, 2.24) is 0 Å². The summed E-state index contributed by atoms with van der Waals surface area (Å²) >= 11 is 0. The summed E-state index contributed by atoms with van der Waals surface area (Å²) < 4.78 is 20.4. The fraction of sp³-hybridized carbons (Fsp3) is 0.516. The molecule has 0 amide bonds. The van der Waals surface area contributed by atoms with Crippen molar-refractivity contribution >= 4 is 5.97 Å².